The number of H-pyrrole nitrogens is 1. The van der Waals surface area contributed by atoms with Gasteiger partial charge < -0.3 is 0 Å². The van der Waals surface area contributed by atoms with E-state index in [-0.39, 0.29) is 5.56 Å². The van der Waals surface area contributed by atoms with Crippen LogP contribution in [0.1, 0.15) is 16.8 Å². The predicted octanol–water partition coefficient (Wildman–Crippen LogP) is 4.90. The molecule has 0 aliphatic heterocycles. The highest BCUT2D eigenvalue weighted by Crippen LogP contribution is 2.22. The van der Waals surface area contributed by atoms with Crippen LogP contribution >= 0.6 is 0 Å². The smallest absolute Gasteiger partial charge is 0.143 e. The molecular formula is C20H12FN3. The highest BCUT2D eigenvalue weighted by molar-refractivity contribution is 5.91. The number of nitrogens with zero attached hydrogens (tertiary/aromatic N) is 2. The minimum atomic E-state index is -0.543. The molecule has 0 spiro atoms. The molecule has 3 aromatic carbocycles. The molecule has 0 unspecified atom stereocenters. The number of hydrogen-bond donors (Lipinski definition) is 1. The summed E-state index contributed by atoms with van der Waals surface area (Å²) < 4.78 is 13.6. The van der Waals surface area contributed by atoms with E-state index in [1.54, 1.807) is 0 Å². The quantitative estimate of drug-likeness (QED) is 0.572. The molecule has 4 heteroatoms. The van der Waals surface area contributed by atoms with Gasteiger partial charge in [0, 0.05) is 11.5 Å². The van der Waals surface area contributed by atoms with Crippen molar-refractivity contribution in [1.82, 2.24) is 10.2 Å². The van der Waals surface area contributed by atoms with Gasteiger partial charge in [0.15, 0.2) is 0 Å². The average molecular weight is 313 g/mol. The number of halogens is 1. The van der Waals surface area contributed by atoms with Gasteiger partial charge in [-0.2, -0.15) is 10.4 Å². The Bertz CT molecular complexity index is 1130. The first kappa shape index (κ1) is 14.2. The van der Waals surface area contributed by atoms with E-state index in [9.17, 15) is 4.39 Å². The minimum Gasteiger partial charge on any atom is -0.277 e. The van der Waals surface area contributed by atoms with Crippen LogP contribution < -0.4 is 0 Å². The van der Waals surface area contributed by atoms with Gasteiger partial charge in [-0.05, 0) is 34.5 Å². The first-order chi connectivity index (χ1) is 11.7. The third-order valence-electron chi connectivity index (χ3n) is 4.01. The number of aromatic amines is 1. The Morgan fingerprint density at radius 3 is 2.67 bits per heavy atom. The lowest BCUT2D eigenvalue weighted by molar-refractivity contribution is 0.625. The summed E-state index contributed by atoms with van der Waals surface area (Å²) in [7, 11) is 0. The van der Waals surface area contributed by atoms with Gasteiger partial charge >= 0.3 is 0 Å². The molecule has 0 saturated heterocycles. The van der Waals surface area contributed by atoms with Crippen molar-refractivity contribution in [1.29, 1.82) is 5.26 Å². The number of benzene rings is 3. The lowest BCUT2D eigenvalue weighted by Crippen LogP contribution is -1.83. The van der Waals surface area contributed by atoms with Crippen molar-refractivity contribution in [3.63, 3.8) is 0 Å². The summed E-state index contributed by atoms with van der Waals surface area (Å²) >= 11 is 0. The number of fused-ring (bicyclic) bond motifs is 2. The van der Waals surface area contributed by atoms with E-state index in [1.165, 1.54) is 22.9 Å². The molecule has 1 aromatic heterocycles. The third-order valence-corrected chi connectivity index (χ3v) is 4.01. The standard InChI is InChI=1S/C20H12FN3/c21-18-11-20-17(10-16(18)12-22)19(23-24-20)8-6-13-5-7-14-3-1-2-4-15(14)9-13/h1-11H,(H,23,24)/b8-6+. The van der Waals surface area contributed by atoms with Crippen LogP contribution in [0.3, 0.4) is 0 Å². The Kier molecular flexibility index (Phi) is 3.33. The molecule has 24 heavy (non-hydrogen) atoms. The maximum absolute atomic E-state index is 13.6. The zero-order chi connectivity index (χ0) is 16.5. The summed E-state index contributed by atoms with van der Waals surface area (Å²) in [6, 6.07) is 19.0. The Balaban J connectivity index is 1.75. The molecule has 0 bridgehead atoms. The molecule has 0 atom stereocenters. The SMILES string of the molecule is N#Cc1cc2c(/C=C/c3ccc4ccccc4c3)n[nH]c2cc1F. The van der Waals surface area contributed by atoms with Crippen LogP contribution in [0.15, 0.2) is 54.6 Å². The van der Waals surface area contributed by atoms with Crippen molar-refractivity contribution < 1.29 is 4.39 Å². The van der Waals surface area contributed by atoms with Gasteiger partial charge in [0.2, 0.25) is 0 Å². The van der Waals surface area contributed by atoms with E-state index in [4.69, 9.17) is 5.26 Å². The fraction of sp³-hybridized carbons (Fsp3) is 0. The number of aromatic nitrogens is 2. The highest BCUT2D eigenvalue weighted by atomic mass is 19.1. The Morgan fingerprint density at radius 1 is 1.00 bits per heavy atom. The summed E-state index contributed by atoms with van der Waals surface area (Å²) in [6.07, 6.45) is 3.82. The summed E-state index contributed by atoms with van der Waals surface area (Å²) in [5, 5.41) is 19.1. The van der Waals surface area contributed by atoms with Crippen LogP contribution in [0.4, 0.5) is 4.39 Å². The van der Waals surface area contributed by atoms with E-state index >= 15 is 0 Å². The van der Waals surface area contributed by atoms with Crippen LogP contribution in [0.25, 0.3) is 33.8 Å². The van der Waals surface area contributed by atoms with Crippen LogP contribution in [-0.4, -0.2) is 10.2 Å². The summed E-state index contributed by atoms with van der Waals surface area (Å²) in [6.45, 7) is 0. The maximum Gasteiger partial charge on any atom is 0.143 e. The maximum atomic E-state index is 13.6. The zero-order valence-electron chi connectivity index (χ0n) is 12.6. The molecule has 0 aliphatic rings. The van der Waals surface area contributed by atoms with Crippen LogP contribution in [0, 0.1) is 17.1 Å². The fourth-order valence-corrected chi connectivity index (χ4v) is 2.76. The van der Waals surface area contributed by atoms with E-state index in [2.05, 4.69) is 34.5 Å². The number of nitriles is 1. The number of hydrogen-bond acceptors (Lipinski definition) is 2. The minimum absolute atomic E-state index is 0.0178. The largest absolute Gasteiger partial charge is 0.277 e. The molecule has 3 nitrogen and oxygen atoms in total. The second-order valence-corrected chi connectivity index (χ2v) is 5.54. The lowest BCUT2D eigenvalue weighted by Gasteiger charge is -1.99. The molecule has 1 N–H and O–H groups in total. The second kappa shape index (κ2) is 5.64. The predicted molar refractivity (Wildman–Crippen MR) is 93.6 cm³/mol. The number of nitrogens with one attached hydrogen (secondary N) is 1. The van der Waals surface area contributed by atoms with Crippen LogP contribution in [0.2, 0.25) is 0 Å². The van der Waals surface area contributed by atoms with E-state index < -0.39 is 5.82 Å². The van der Waals surface area contributed by atoms with Gasteiger partial charge in [-0.3, -0.25) is 5.10 Å². The van der Waals surface area contributed by atoms with E-state index in [1.807, 2.05) is 36.4 Å². The molecule has 1 heterocycles. The fourth-order valence-electron chi connectivity index (χ4n) is 2.76. The van der Waals surface area contributed by atoms with Gasteiger partial charge in [-0.15, -0.1) is 0 Å². The molecule has 0 amide bonds. The van der Waals surface area contributed by atoms with Crippen molar-refractivity contribution in [2.24, 2.45) is 0 Å². The Hall–Kier alpha value is -3.45. The third kappa shape index (κ3) is 2.42. The molecule has 114 valence electrons. The molecule has 0 fully saturated rings. The summed E-state index contributed by atoms with van der Waals surface area (Å²) in [4.78, 5) is 0. The van der Waals surface area contributed by atoms with Gasteiger partial charge in [-0.25, -0.2) is 4.39 Å². The topological polar surface area (TPSA) is 52.5 Å². The van der Waals surface area contributed by atoms with Crippen LogP contribution in [-0.2, 0) is 0 Å². The van der Waals surface area contributed by atoms with Crippen molar-refractivity contribution in [3.05, 3.63) is 77.2 Å². The normalized spacial score (nSPS) is 11.3. The first-order valence-electron chi connectivity index (χ1n) is 7.49. The Morgan fingerprint density at radius 2 is 1.83 bits per heavy atom. The van der Waals surface area contributed by atoms with Crippen LogP contribution in [0.5, 0.6) is 0 Å². The van der Waals surface area contributed by atoms with Gasteiger partial charge in [0.05, 0.1) is 16.8 Å². The van der Waals surface area contributed by atoms with Gasteiger partial charge in [0.25, 0.3) is 0 Å². The second-order valence-electron chi connectivity index (χ2n) is 5.54. The molecule has 0 saturated carbocycles. The number of rotatable bonds is 2. The molecule has 4 aromatic rings. The monoisotopic (exact) mass is 313 g/mol. The van der Waals surface area contributed by atoms with Crippen molar-refractivity contribution >= 4 is 33.8 Å². The van der Waals surface area contributed by atoms with E-state index in [0.29, 0.717) is 11.2 Å². The zero-order valence-corrected chi connectivity index (χ0v) is 12.6. The van der Waals surface area contributed by atoms with E-state index in [0.717, 1.165) is 10.9 Å². The Labute approximate surface area is 137 Å². The van der Waals surface area contributed by atoms with Gasteiger partial charge in [-0.1, -0.05) is 42.5 Å². The lowest BCUT2D eigenvalue weighted by atomic mass is 10.1. The first-order valence-corrected chi connectivity index (χ1v) is 7.49. The molecular weight excluding hydrogens is 301 g/mol. The van der Waals surface area contributed by atoms with Gasteiger partial charge in [0.1, 0.15) is 11.9 Å². The molecule has 0 radical (unpaired) electrons. The summed E-state index contributed by atoms with van der Waals surface area (Å²) in [5.74, 6) is -0.543. The highest BCUT2D eigenvalue weighted by Gasteiger charge is 2.09. The summed E-state index contributed by atoms with van der Waals surface area (Å²) in [5.41, 5.74) is 2.32. The average Bonchev–Trinajstić information content (AvgIpc) is 3.00. The van der Waals surface area contributed by atoms with Crippen molar-refractivity contribution in [3.8, 4) is 6.07 Å². The molecule has 4 rings (SSSR count). The molecule has 0 aliphatic carbocycles. The van der Waals surface area contributed by atoms with Crippen molar-refractivity contribution in [2.45, 2.75) is 0 Å². The van der Waals surface area contributed by atoms with Crippen molar-refractivity contribution in [2.75, 3.05) is 0 Å².